The maximum Gasteiger partial charge on any atom is 0.319 e. The van der Waals surface area contributed by atoms with Crippen LogP contribution in [0.3, 0.4) is 0 Å². The normalized spacial score (nSPS) is 16.4. The predicted molar refractivity (Wildman–Crippen MR) is 120 cm³/mol. The van der Waals surface area contributed by atoms with E-state index in [9.17, 15) is 14.7 Å². The van der Waals surface area contributed by atoms with Gasteiger partial charge in [0.15, 0.2) is 0 Å². The number of aliphatic hydroxyl groups is 1. The van der Waals surface area contributed by atoms with Crippen molar-refractivity contribution in [3.63, 3.8) is 0 Å². The minimum Gasteiger partial charge on any atom is -0.396 e. The summed E-state index contributed by atoms with van der Waals surface area (Å²) in [6.45, 7) is 1.60. The molecule has 1 aliphatic rings. The van der Waals surface area contributed by atoms with Crippen molar-refractivity contribution < 1.29 is 19.4 Å². The number of urea groups is 2. The topological polar surface area (TPSA) is 112 Å². The number of carbonyl (C=O) groups excluding carboxylic acids is 2. The third kappa shape index (κ3) is 7.92. The minimum atomic E-state index is -0.346. The lowest BCUT2D eigenvalue weighted by Crippen LogP contribution is -2.35. The molecule has 166 valence electrons. The Balaban J connectivity index is 1.38. The van der Waals surface area contributed by atoms with Crippen molar-refractivity contribution >= 4 is 23.4 Å². The summed E-state index contributed by atoms with van der Waals surface area (Å²) >= 11 is 0. The number of ether oxygens (including phenoxy) is 1. The lowest BCUT2D eigenvalue weighted by molar-refractivity contribution is 0.112. The fraction of sp³-hybridized carbons (Fsp3) is 0.391. The third-order valence-corrected chi connectivity index (χ3v) is 5.09. The van der Waals surface area contributed by atoms with Crippen LogP contribution in [0.15, 0.2) is 54.6 Å². The van der Waals surface area contributed by atoms with E-state index in [1.165, 1.54) is 0 Å². The first-order valence-electron chi connectivity index (χ1n) is 10.6. The summed E-state index contributed by atoms with van der Waals surface area (Å²) < 4.78 is 5.48. The molecule has 1 fully saturated rings. The number of hydrogen-bond acceptors (Lipinski definition) is 4. The van der Waals surface area contributed by atoms with E-state index in [0.717, 1.165) is 25.0 Å². The maximum atomic E-state index is 12.2. The summed E-state index contributed by atoms with van der Waals surface area (Å²) in [5.74, 6) is -0.0622. The van der Waals surface area contributed by atoms with Crippen LogP contribution in [0.25, 0.3) is 0 Å². The molecule has 3 rings (SSSR count). The molecule has 2 aromatic rings. The lowest BCUT2D eigenvalue weighted by atomic mass is 10.0. The van der Waals surface area contributed by atoms with Gasteiger partial charge in [0.1, 0.15) is 0 Å². The minimum absolute atomic E-state index is 0.00945. The zero-order valence-corrected chi connectivity index (χ0v) is 17.5. The molecule has 0 spiro atoms. The molecule has 31 heavy (non-hydrogen) atoms. The summed E-state index contributed by atoms with van der Waals surface area (Å²) in [5, 5.41) is 20.7. The molecule has 0 radical (unpaired) electrons. The van der Waals surface area contributed by atoms with Gasteiger partial charge in [0, 0.05) is 43.6 Å². The Hall–Kier alpha value is -3.10. The first-order valence-corrected chi connectivity index (χ1v) is 10.6. The molecule has 1 aliphatic heterocycles. The molecule has 0 aromatic heterocycles. The molecule has 2 aromatic carbocycles. The number of nitrogens with one attached hydrogen (secondary N) is 4. The van der Waals surface area contributed by atoms with Crippen molar-refractivity contribution in [3.05, 3.63) is 60.2 Å². The second-order valence-electron chi connectivity index (χ2n) is 7.62. The van der Waals surface area contributed by atoms with E-state index in [0.29, 0.717) is 30.9 Å². The molecule has 2 unspecified atom stereocenters. The van der Waals surface area contributed by atoms with Gasteiger partial charge in [-0.05, 0) is 49.1 Å². The molecule has 1 saturated heterocycles. The number of benzene rings is 2. The Bertz CT molecular complexity index is 823. The highest BCUT2D eigenvalue weighted by atomic mass is 16.5. The SMILES string of the molecule is O=C(NCC(CO)Cc1ccccc1)Nc1ccc(NC(=O)NCC2CCCO2)cc1. The molecule has 1 heterocycles. The van der Waals surface area contributed by atoms with Gasteiger partial charge in [-0.3, -0.25) is 0 Å². The summed E-state index contributed by atoms with van der Waals surface area (Å²) in [4.78, 5) is 24.1. The van der Waals surface area contributed by atoms with Crippen LogP contribution in [0.2, 0.25) is 0 Å². The summed E-state index contributed by atoms with van der Waals surface area (Å²) in [5.41, 5.74) is 2.34. The van der Waals surface area contributed by atoms with Crippen LogP contribution < -0.4 is 21.3 Å². The van der Waals surface area contributed by atoms with Gasteiger partial charge in [-0.1, -0.05) is 30.3 Å². The Morgan fingerprint density at radius 2 is 1.61 bits per heavy atom. The third-order valence-electron chi connectivity index (χ3n) is 5.09. The molecule has 0 bridgehead atoms. The van der Waals surface area contributed by atoms with Crippen LogP contribution in [0, 0.1) is 5.92 Å². The van der Waals surface area contributed by atoms with Crippen LogP contribution in [-0.2, 0) is 11.2 Å². The van der Waals surface area contributed by atoms with E-state index in [4.69, 9.17) is 4.74 Å². The van der Waals surface area contributed by atoms with E-state index in [-0.39, 0.29) is 30.7 Å². The number of rotatable bonds is 9. The predicted octanol–water partition coefficient (Wildman–Crippen LogP) is 2.96. The first-order chi connectivity index (χ1) is 15.1. The molecule has 0 saturated carbocycles. The van der Waals surface area contributed by atoms with E-state index in [1.807, 2.05) is 30.3 Å². The van der Waals surface area contributed by atoms with Crippen molar-refractivity contribution in [1.82, 2.24) is 10.6 Å². The Kier molecular flexibility index (Phi) is 8.69. The van der Waals surface area contributed by atoms with Crippen LogP contribution >= 0.6 is 0 Å². The zero-order chi connectivity index (χ0) is 21.9. The molecule has 8 nitrogen and oxygen atoms in total. The van der Waals surface area contributed by atoms with Crippen molar-refractivity contribution in [3.8, 4) is 0 Å². The van der Waals surface area contributed by atoms with Crippen molar-refractivity contribution in [2.75, 3.05) is 36.9 Å². The largest absolute Gasteiger partial charge is 0.396 e. The number of carbonyl (C=O) groups is 2. The average molecular weight is 427 g/mol. The number of aliphatic hydroxyl groups excluding tert-OH is 1. The second kappa shape index (κ2) is 11.9. The summed E-state index contributed by atoms with van der Waals surface area (Å²) in [7, 11) is 0. The first kappa shape index (κ1) is 22.6. The van der Waals surface area contributed by atoms with Gasteiger partial charge in [0.05, 0.1) is 6.10 Å². The highest BCUT2D eigenvalue weighted by molar-refractivity contribution is 5.91. The highest BCUT2D eigenvalue weighted by Crippen LogP contribution is 2.14. The van der Waals surface area contributed by atoms with Gasteiger partial charge in [-0.2, -0.15) is 0 Å². The van der Waals surface area contributed by atoms with Crippen LogP contribution in [0.4, 0.5) is 21.0 Å². The van der Waals surface area contributed by atoms with E-state index in [1.54, 1.807) is 24.3 Å². The monoisotopic (exact) mass is 426 g/mol. The van der Waals surface area contributed by atoms with Crippen molar-refractivity contribution in [2.45, 2.75) is 25.4 Å². The van der Waals surface area contributed by atoms with Crippen molar-refractivity contribution in [2.24, 2.45) is 5.92 Å². The van der Waals surface area contributed by atoms with E-state index in [2.05, 4.69) is 21.3 Å². The standard InChI is InChI=1S/C23H30N4O4/c28-16-18(13-17-5-2-1-3-6-17)14-24-22(29)26-19-8-10-20(11-9-19)27-23(30)25-15-21-7-4-12-31-21/h1-3,5-6,8-11,18,21,28H,4,7,12-16H2,(H2,24,26,29)(H2,25,27,30). The zero-order valence-electron chi connectivity index (χ0n) is 17.5. The van der Waals surface area contributed by atoms with Crippen LogP contribution in [0.5, 0.6) is 0 Å². The fourth-order valence-electron chi connectivity index (χ4n) is 3.39. The van der Waals surface area contributed by atoms with Gasteiger partial charge in [-0.25, -0.2) is 9.59 Å². The number of amides is 4. The highest BCUT2D eigenvalue weighted by Gasteiger charge is 2.16. The maximum absolute atomic E-state index is 12.2. The number of hydrogen-bond donors (Lipinski definition) is 5. The summed E-state index contributed by atoms with van der Waals surface area (Å²) in [6, 6.07) is 16.1. The molecular weight excluding hydrogens is 396 g/mol. The Labute approximate surface area is 182 Å². The molecule has 5 N–H and O–H groups in total. The van der Waals surface area contributed by atoms with Gasteiger partial charge < -0.3 is 31.1 Å². The van der Waals surface area contributed by atoms with E-state index < -0.39 is 0 Å². The molecule has 2 atom stereocenters. The molecular formula is C23H30N4O4. The van der Waals surface area contributed by atoms with Gasteiger partial charge in [0.25, 0.3) is 0 Å². The quantitative estimate of drug-likeness (QED) is 0.424. The summed E-state index contributed by atoms with van der Waals surface area (Å²) in [6.07, 6.45) is 2.78. The average Bonchev–Trinajstić information content (AvgIpc) is 3.31. The molecule has 0 aliphatic carbocycles. The van der Waals surface area contributed by atoms with Gasteiger partial charge in [0.2, 0.25) is 0 Å². The van der Waals surface area contributed by atoms with Gasteiger partial charge >= 0.3 is 12.1 Å². The Morgan fingerprint density at radius 3 is 2.19 bits per heavy atom. The lowest BCUT2D eigenvalue weighted by Gasteiger charge is -2.16. The second-order valence-corrected chi connectivity index (χ2v) is 7.62. The van der Waals surface area contributed by atoms with Crippen LogP contribution in [0.1, 0.15) is 18.4 Å². The molecule has 4 amide bonds. The Morgan fingerprint density at radius 1 is 0.968 bits per heavy atom. The van der Waals surface area contributed by atoms with E-state index >= 15 is 0 Å². The molecule has 8 heteroatoms. The van der Waals surface area contributed by atoms with Crippen molar-refractivity contribution in [1.29, 1.82) is 0 Å². The fourth-order valence-corrected chi connectivity index (χ4v) is 3.39. The van der Waals surface area contributed by atoms with Crippen LogP contribution in [-0.4, -0.2) is 49.6 Å². The van der Waals surface area contributed by atoms with Gasteiger partial charge in [-0.15, -0.1) is 0 Å². The smallest absolute Gasteiger partial charge is 0.319 e. The number of anilines is 2.